The molecule has 1 aromatic heterocycles. The van der Waals surface area contributed by atoms with Crippen molar-refractivity contribution in [3.05, 3.63) is 28.5 Å². The zero-order chi connectivity index (χ0) is 11.4. The average Bonchev–Trinajstić information content (AvgIpc) is 2.28. The van der Waals surface area contributed by atoms with E-state index in [4.69, 9.17) is 0 Å². The van der Waals surface area contributed by atoms with Gasteiger partial charge in [-0.3, -0.25) is 4.98 Å². The number of aromatic nitrogens is 1. The minimum Gasteiger partial charge on any atom is -0.393 e. The first-order valence-corrected chi connectivity index (χ1v) is 6.55. The normalized spacial score (nSPS) is 25.6. The maximum Gasteiger partial charge on any atom is 0.0555 e. The SMILES string of the molecule is OC1CCCC(NCc2ccc(Br)cn2)C1. The number of aliphatic hydroxyl groups excluding tert-OH is 1. The molecule has 1 aliphatic carbocycles. The van der Waals surface area contributed by atoms with E-state index in [1.165, 1.54) is 0 Å². The Morgan fingerprint density at radius 1 is 1.44 bits per heavy atom. The standard InChI is InChI=1S/C12H17BrN2O/c13-9-4-5-11(14-7-9)8-15-10-2-1-3-12(16)6-10/h4-5,7,10,12,15-16H,1-3,6,8H2. The van der Waals surface area contributed by atoms with Crippen LogP contribution in [0.3, 0.4) is 0 Å². The van der Waals surface area contributed by atoms with Crippen LogP contribution in [0.2, 0.25) is 0 Å². The molecule has 1 saturated carbocycles. The Kier molecular flexibility index (Phi) is 4.32. The fourth-order valence-corrected chi connectivity index (χ4v) is 2.34. The number of rotatable bonds is 3. The Balaban J connectivity index is 1.80. The van der Waals surface area contributed by atoms with Crippen LogP contribution in [0.15, 0.2) is 22.8 Å². The van der Waals surface area contributed by atoms with Crippen molar-refractivity contribution in [1.82, 2.24) is 10.3 Å². The zero-order valence-corrected chi connectivity index (χ0v) is 10.8. The third kappa shape index (κ3) is 3.54. The molecule has 0 saturated heterocycles. The van der Waals surface area contributed by atoms with Gasteiger partial charge in [0.15, 0.2) is 0 Å². The first-order valence-electron chi connectivity index (χ1n) is 5.76. The van der Waals surface area contributed by atoms with E-state index >= 15 is 0 Å². The molecule has 0 spiro atoms. The summed E-state index contributed by atoms with van der Waals surface area (Å²) in [6.45, 7) is 0.782. The Bertz CT molecular complexity index is 328. The molecule has 4 heteroatoms. The molecule has 88 valence electrons. The summed E-state index contributed by atoms with van der Waals surface area (Å²) in [6.07, 6.45) is 5.79. The van der Waals surface area contributed by atoms with Crippen molar-refractivity contribution in [2.75, 3.05) is 0 Å². The molecule has 0 amide bonds. The molecule has 0 bridgehead atoms. The molecule has 3 nitrogen and oxygen atoms in total. The number of hydrogen-bond donors (Lipinski definition) is 2. The molecule has 0 aromatic carbocycles. The zero-order valence-electron chi connectivity index (χ0n) is 9.19. The van der Waals surface area contributed by atoms with Crippen LogP contribution in [0.1, 0.15) is 31.4 Å². The monoisotopic (exact) mass is 284 g/mol. The molecule has 2 rings (SSSR count). The number of halogens is 1. The van der Waals surface area contributed by atoms with E-state index < -0.39 is 0 Å². The summed E-state index contributed by atoms with van der Waals surface area (Å²) < 4.78 is 1.00. The van der Waals surface area contributed by atoms with Crippen LogP contribution in [0.4, 0.5) is 0 Å². The summed E-state index contributed by atoms with van der Waals surface area (Å²) >= 11 is 3.37. The Morgan fingerprint density at radius 3 is 3.00 bits per heavy atom. The molecule has 2 atom stereocenters. The van der Waals surface area contributed by atoms with Crippen molar-refractivity contribution >= 4 is 15.9 Å². The molecular formula is C12H17BrN2O. The van der Waals surface area contributed by atoms with Crippen molar-refractivity contribution in [2.24, 2.45) is 0 Å². The molecule has 16 heavy (non-hydrogen) atoms. The van der Waals surface area contributed by atoms with E-state index in [2.05, 4.69) is 26.2 Å². The van der Waals surface area contributed by atoms with Gasteiger partial charge in [-0.05, 0) is 53.7 Å². The van der Waals surface area contributed by atoms with E-state index in [-0.39, 0.29) is 6.10 Å². The van der Waals surface area contributed by atoms with Gasteiger partial charge >= 0.3 is 0 Å². The molecule has 1 fully saturated rings. The van der Waals surface area contributed by atoms with Gasteiger partial charge in [0.2, 0.25) is 0 Å². The quantitative estimate of drug-likeness (QED) is 0.895. The minimum absolute atomic E-state index is 0.121. The maximum absolute atomic E-state index is 9.55. The first-order chi connectivity index (χ1) is 7.74. The smallest absolute Gasteiger partial charge is 0.0555 e. The van der Waals surface area contributed by atoms with Crippen LogP contribution in [0, 0.1) is 0 Å². The predicted molar refractivity (Wildman–Crippen MR) is 67.0 cm³/mol. The van der Waals surface area contributed by atoms with Gasteiger partial charge in [0.05, 0.1) is 11.8 Å². The van der Waals surface area contributed by atoms with Crippen molar-refractivity contribution in [3.63, 3.8) is 0 Å². The van der Waals surface area contributed by atoms with Crippen molar-refractivity contribution in [3.8, 4) is 0 Å². The fraction of sp³-hybridized carbons (Fsp3) is 0.583. The van der Waals surface area contributed by atoms with E-state index in [1.807, 2.05) is 18.3 Å². The second kappa shape index (κ2) is 5.75. The molecule has 1 heterocycles. The highest BCUT2D eigenvalue weighted by Crippen LogP contribution is 2.18. The van der Waals surface area contributed by atoms with Gasteiger partial charge in [0, 0.05) is 23.3 Å². The predicted octanol–water partition coefficient (Wildman–Crippen LogP) is 2.24. The number of hydrogen-bond acceptors (Lipinski definition) is 3. The van der Waals surface area contributed by atoms with Crippen LogP contribution >= 0.6 is 15.9 Å². The minimum atomic E-state index is -0.121. The summed E-state index contributed by atoms with van der Waals surface area (Å²) in [5.74, 6) is 0. The fourth-order valence-electron chi connectivity index (χ4n) is 2.11. The lowest BCUT2D eigenvalue weighted by molar-refractivity contribution is 0.111. The topological polar surface area (TPSA) is 45.1 Å². The second-order valence-corrected chi connectivity index (χ2v) is 5.28. The third-order valence-corrected chi connectivity index (χ3v) is 3.48. The van der Waals surface area contributed by atoms with Crippen LogP contribution < -0.4 is 5.32 Å². The van der Waals surface area contributed by atoms with Crippen LogP contribution in [0.25, 0.3) is 0 Å². The summed E-state index contributed by atoms with van der Waals surface area (Å²) in [4.78, 5) is 4.31. The Labute approximate surface area is 104 Å². The van der Waals surface area contributed by atoms with E-state index in [9.17, 15) is 5.11 Å². The lowest BCUT2D eigenvalue weighted by Gasteiger charge is -2.26. The van der Waals surface area contributed by atoms with Gasteiger partial charge in [-0.25, -0.2) is 0 Å². The van der Waals surface area contributed by atoms with Crippen molar-refractivity contribution in [2.45, 2.75) is 44.4 Å². The largest absolute Gasteiger partial charge is 0.393 e. The number of nitrogens with zero attached hydrogens (tertiary/aromatic N) is 1. The molecule has 0 aliphatic heterocycles. The van der Waals surface area contributed by atoms with Crippen LogP contribution in [-0.4, -0.2) is 22.2 Å². The lowest BCUT2D eigenvalue weighted by Crippen LogP contribution is -2.35. The van der Waals surface area contributed by atoms with E-state index in [0.717, 1.165) is 42.4 Å². The first kappa shape index (κ1) is 12.0. The Morgan fingerprint density at radius 2 is 2.31 bits per heavy atom. The van der Waals surface area contributed by atoms with Gasteiger partial charge < -0.3 is 10.4 Å². The molecule has 2 unspecified atom stereocenters. The van der Waals surface area contributed by atoms with Crippen molar-refractivity contribution in [1.29, 1.82) is 0 Å². The van der Waals surface area contributed by atoms with Gasteiger partial charge in [0.25, 0.3) is 0 Å². The van der Waals surface area contributed by atoms with Gasteiger partial charge in [-0.15, -0.1) is 0 Å². The number of nitrogens with one attached hydrogen (secondary N) is 1. The summed E-state index contributed by atoms with van der Waals surface area (Å²) in [5.41, 5.74) is 1.04. The number of pyridine rings is 1. The van der Waals surface area contributed by atoms with Crippen LogP contribution in [-0.2, 0) is 6.54 Å². The summed E-state index contributed by atoms with van der Waals surface area (Å²) in [6, 6.07) is 4.45. The van der Waals surface area contributed by atoms with Crippen LogP contribution in [0.5, 0.6) is 0 Å². The van der Waals surface area contributed by atoms with Gasteiger partial charge in [0.1, 0.15) is 0 Å². The number of aliphatic hydroxyl groups is 1. The molecular weight excluding hydrogens is 268 g/mol. The highest BCUT2D eigenvalue weighted by atomic mass is 79.9. The van der Waals surface area contributed by atoms with E-state index in [0.29, 0.717) is 6.04 Å². The van der Waals surface area contributed by atoms with Gasteiger partial charge in [-0.2, -0.15) is 0 Å². The molecule has 1 aromatic rings. The Hall–Kier alpha value is -0.450. The van der Waals surface area contributed by atoms with Crippen molar-refractivity contribution < 1.29 is 5.11 Å². The summed E-state index contributed by atoms with van der Waals surface area (Å²) in [7, 11) is 0. The maximum atomic E-state index is 9.55. The second-order valence-electron chi connectivity index (χ2n) is 4.37. The third-order valence-electron chi connectivity index (χ3n) is 3.01. The molecule has 1 aliphatic rings. The summed E-state index contributed by atoms with van der Waals surface area (Å²) in [5, 5.41) is 13.0. The van der Waals surface area contributed by atoms with Gasteiger partial charge in [-0.1, -0.05) is 0 Å². The highest BCUT2D eigenvalue weighted by molar-refractivity contribution is 9.10. The van der Waals surface area contributed by atoms with E-state index in [1.54, 1.807) is 0 Å². The highest BCUT2D eigenvalue weighted by Gasteiger charge is 2.19. The average molecular weight is 285 g/mol. The lowest BCUT2D eigenvalue weighted by atomic mass is 9.93. The molecule has 0 radical (unpaired) electrons. The molecule has 2 N–H and O–H groups in total.